The van der Waals surface area contributed by atoms with Gasteiger partial charge >= 0.3 is 19.8 Å². The molecule has 0 aromatic carbocycles. The number of rotatable bonds is 43. The number of nitrogens with one attached hydrogen (secondary N) is 1. The van der Waals surface area contributed by atoms with Gasteiger partial charge in [0.25, 0.3) is 0 Å². The Morgan fingerprint density at radius 2 is 0.917 bits per heavy atom. The summed E-state index contributed by atoms with van der Waals surface area (Å²) in [5, 5.41) is 21.8. The van der Waals surface area contributed by atoms with Crippen molar-refractivity contribution in [1.29, 1.82) is 0 Å². The summed E-state index contributed by atoms with van der Waals surface area (Å²) < 4.78 is 26.9. The molecule has 0 spiro atoms. The van der Waals surface area contributed by atoms with E-state index in [9.17, 15) is 34.1 Å². The van der Waals surface area contributed by atoms with E-state index in [-0.39, 0.29) is 12.8 Å². The van der Waals surface area contributed by atoms with Gasteiger partial charge in [-0.05, 0) is 83.5 Å². The normalized spacial score (nSPS) is 14.2. The molecule has 4 N–H and O–H groups in total. The number of carboxylic acid groups (broad SMARTS) is 1. The van der Waals surface area contributed by atoms with Gasteiger partial charge in [0.1, 0.15) is 12.7 Å². The Labute approximate surface area is 364 Å². The van der Waals surface area contributed by atoms with Crippen molar-refractivity contribution in [3.63, 3.8) is 0 Å². The maximum atomic E-state index is 12.3. The fourth-order valence-corrected chi connectivity index (χ4v) is 6.89. The molecule has 0 heterocycles. The molecular formula is C48H84NO10P. The van der Waals surface area contributed by atoms with E-state index in [0.717, 1.165) is 83.5 Å². The zero-order valence-electron chi connectivity index (χ0n) is 37.5. The van der Waals surface area contributed by atoms with Crippen LogP contribution in [0.1, 0.15) is 194 Å². The van der Waals surface area contributed by atoms with Crippen LogP contribution >= 0.6 is 7.82 Å². The number of allylic oxidation sites excluding steroid dienone is 10. The number of hydrogen-bond acceptors (Lipinski definition) is 8. The number of ether oxygens (including phenoxy) is 1. The zero-order valence-corrected chi connectivity index (χ0v) is 38.4. The van der Waals surface area contributed by atoms with Crippen LogP contribution in [-0.4, -0.2) is 64.9 Å². The van der Waals surface area contributed by atoms with Crippen LogP contribution in [0, 0.1) is 0 Å². The van der Waals surface area contributed by atoms with E-state index < -0.39 is 57.6 Å². The van der Waals surface area contributed by atoms with E-state index in [1.807, 2.05) is 0 Å². The Bertz CT molecular complexity index is 1250. The number of aliphatic hydroxyl groups excluding tert-OH is 1. The molecule has 11 nitrogen and oxygen atoms in total. The van der Waals surface area contributed by atoms with Gasteiger partial charge in [-0.15, -0.1) is 0 Å². The van der Waals surface area contributed by atoms with Crippen molar-refractivity contribution in [3.05, 3.63) is 60.8 Å². The summed E-state index contributed by atoms with van der Waals surface area (Å²) in [7, 11) is -4.77. The summed E-state index contributed by atoms with van der Waals surface area (Å²) in [4.78, 5) is 46.0. The standard InChI is InChI=1S/C48H84NO10P/c1-3-5-7-9-11-13-15-17-19-20-21-22-23-24-26-28-30-32-34-36-38-40-47(52)57-41-44(50)42-58-60(55,56)59-43-45(48(53)54)49-46(51)39-37-35-33-31-29-27-25-18-16-14-12-10-8-6-4-2/h11-14,17-19,21-22,25,44-45,50H,3-10,15-16,20,23-24,26-43H2,1-2H3,(H,49,51)(H,53,54)(H,55,56)/b13-11-,14-12-,19-17-,22-21-,25-18-. The molecule has 0 fully saturated rings. The molecule has 0 aromatic rings. The summed E-state index contributed by atoms with van der Waals surface area (Å²) >= 11 is 0. The Morgan fingerprint density at radius 3 is 1.37 bits per heavy atom. The fourth-order valence-electron chi connectivity index (χ4n) is 6.12. The lowest BCUT2D eigenvalue weighted by Crippen LogP contribution is -2.43. The summed E-state index contributed by atoms with van der Waals surface area (Å²) in [6.45, 7) is 2.52. The number of unbranched alkanes of at least 4 members (excludes halogenated alkanes) is 19. The van der Waals surface area contributed by atoms with E-state index >= 15 is 0 Å². The van der Waals surface area contributed by atoms with Gasteiger partial charge in [0.05, 0.1) is 13.2 Å². The molecular weight excluding hydrogens is 781 g/mol. The molecule has 3 atom stereocenters. The van der Waals surface area contributed by atoms with Gasteiger partial charge in [0.2, 0.25) is 5.91 Å². The molecule has 0 rings (SSSR count). The number of carboxylic acids is 1. The molecule has 0 aliphatic rings. The predicted octanol–water partition coefficient (Wildman–Crippen LogP) is 12.3. The van der Waals surface area contributed by atoms with Crippen molar-refractivity contribution in [1.82, 2.24) is 5.32 Å². The third-order valence-electron chi connectivity index (χ3n) is 9.78. The second-order valence-corrected chi connectivity index (χ2v) is 17.0. The molecule has 60 heavy (non-hydrogen) atoms. The lowest BCUT2D eigenvalue weighted by Gasteiger charge is -2.18. The first-order chi connectivity index (χ1) is 29.1. The number of phosphoric ester groups is 1. The number of carbonyl (C=O) groups excluding carboxylic acids is 2. The number of aliphatic hydroxyl groups is 1. The summed E-state index contributed by atoms with van der Waals surface area (Å²) in [6, 6.07) is -1.56. The summed E-state index contributed by atoms with van der Waals surface area (Å²) in [5.41, 5.74) is 0. The zero-order chi connectivity index (χ0) is 44.2. The minimum atomic E-state index is -4.77. The largest absolute Gasteiger partial charge is 0.480 e. The first kappa shape index (κ1) is 57.2. The molecule has 0 saturated carbocycles. The van der Waals surface area contributed by atoms with Gasteiger partial charge in [0, 0.05) is 12.8 Å². The smallest absolute Gasteiger partial charge is 0.472 e. The Kier molecular flexibility index (Phi) is 40.8. The molecule has 0 aliphatic carbocycles. The van der Waals surface area contributed by atoms with Crippen molar-refractivity contribution >= 4 is 25.7 Å². The van der Waals surface area contributed by atoms with Crippen LogP contribution in [0.25, 0.3) is 0 Å². The van der Waals surface area contributed by atoms with Crippen LogP contribution in [0.2, 0.25) is 0 Å². The van der Waals surface area contributed by atoms with Crippen molar-refractivity contribution in [2.75, 3.05) is 19.8 Å². The predicted molar refractivity (Wildman–Crippen MR) is 245 cm³/mol. The first-order valence-corrected chi connectivity index (χ1v) is 24.8. The van der Waals surface area contributed by atoms with Gasteiger partial charge < -0.3 is 25.2 Å². The first-order valence-electron chi connectivity index (χ1n) is 23.3. The molecule has 1 amide bonds. The Balaban J connectivity index is 3.89. The monoisotopic (exact) mass is 866 g/mol. The van der Waals surface area contributed by atoms with Crippen molar-refractivity contribution < 1.29 is 47.8 Å². The van der Waals surface area contributed by atoms with Crippen molar-refractivity contribution in [2.24, 2.45) is 0 Å². The highest BCUT2D eigenvalue weighted by Gasteiger charge is 2.28. The van der Waals surface area contributed by atoms with Crippen LogP contribution in [0.5, 0.6) is 0 Å². The fraction of sp³-hybridized carbons (Fsp3) is 0.729. The number of amides is 1. The number of aliphatic carboxylic acids is 1. The van der Waals surface area contributed by atoms with Crippen molar-refractivity contribution in [3.8, 4) is 0 Å². The average Bonchev–Trinajstić information content (AvgIpc) is 3.22. The summed E-state index contributed by atoms with van der Waals surface area (Å²) in [5.74, 6) is -2.40. The Morgan fingerprint density at radius 1 is 0.533 bits per heavy atom. The maximum absolute atomic E-state index is 12.3. The molecule has 12 heteroatoms. The molecule has 0 radical (unpaired) electrons. The molecule has 0 saturated heterocycles. The second kappa shape index (κ2) is 42.9. The SMILES string of the molecule is CCCCC/C=C\C/C=C\C/C=C\CCCCCCCCCCC(=O)OCC(O)COP(=O)(O)OCC(NC(=O)CCCCCCC/C=C\C/C=C\CCCCC)C(=O)O. The van der Waals surface area contributed by atoms with Gasteiger partial charge in [-0.1, -0.05) is 158 Å². The van der Waals surface area contributed by atoms with E-state index in [2.05, 4.69) is 79.9 Å². The minimum absolute atomic E-state index is 0.127. The lowest BCUT2D eigenvalue weighted by atomic mass is 10.1. The molecule has 346 valence electrons. The highest BCUT2D eigenvalue weighted by Crippen LogP contribution is 2.43. The van der Waals surface area contributed by atoms with Gasteiger partial charge in [0.15, 0.2) is 6.04 Å². The van der Waals surface area contributed by atoms with Crippen molar-refractivity contribution in [2.45, 2.75) is 206 Å². The van der Waals surface area contributed by atoms with E-state index in [4.69, 9.17) is 13.8 Å². The van der Waals surface area contributed by atoms with Crippen LogP contribution < -0.4 is 5.32 Å². The lowest BCUT2D eigenvalue weighted by molar-refractivity contribution is -0.147. The summed E-state index contributed by atoms with van der Waals surface area (Å²) in [6.07, 6.45) is 49.5. The van der Waals surface area contributed by atoms with Gasteiger partial charge in [-0.3, -0.25) is 18.6 Å². The van der Waals surface area contributed by atoms with Crippen LogP contribution in [0.4, 0.5) is 0 Å². The Hall–Kier alpha value is -2.82. The number of hydrogen-bond donors (Lipinski definition) is 4. The number of phosphoric acid groups is 1. The van der Waals surface area contributed by atoms with Crippen LogP contribution in [0.15, 0.2) is 60.8 Å². The molecule has 0 aromatic heterocycles. The van der Waals surface area contributed by atoms with Crippen LogP contribution in [-0.2, 0) is 32.7 Å². The number of carbonyl (C=O) groups is 3. The maximum Gasteiger partial charge on any atom is 0.472 e. The van der Waals surface area contributed by atoms with E-state index in [1.165, 1.54) is 70.6 Å². The second-order valence-electron chi connectivity index (χ2n) is 15.6. The van der Waals surface area contributed by atoms with Gasteiger partial charge in [-0.2, -0.15) is 0 Å². The third-order valence-corrected chi connectivity index (χ3v) is 10.7. The van der Waals surface area contributed by atoms with E-state index in [1.54, 1.807) is 0 Å². The molecule has 3 unspecified atom stereocenters. The minimum Gasteiger partial charge on any atom is -0.480 e. The quantitative estimate of drug-likeness (QED) is 0.0200. The average molecular weight is 866 g/mol. The third kappa shape index (κ3) is 41.9. The highest BCUT2D eigenvalue weighted by atomic mass is 31.2. The molecule has 0 aliphatic heterocycles. The topological polar surface area (TPSA) is 169 Å². The van der Waals surface area contributed by atoms with Crippen LogP contribution in [0.3, 0.4) is 0 Å². The number of esters is 1. The molecule has 0 bridgehead atoms. The van der Waals surface area contributed by atoms with Gasteiger partial charge in [-0.25, -0.2) is 9.36 Å². The highest BCUT2D eigenvalue weighted by molar-refractivity contribution is 7.47. The van der Waals surface area contributed by atoms with E-state index in [0.29, 0.717) is 12.8 Å².